The average molecular weight is 396 g/mol. The lowest BCUT2D eigenvalue weighted by molar-refractivity contribution is 0.00867. The molecule has 6 nitrogen and oxygen atoms in total. The van der Waals surface area contributed by atoms with E-state index in [9.17, 15) is 0 Å². The topological polar surface area (TPSA) is 61.8 Å². The van der Waals surface area contributed by atoms with Gasteiger partial charge < -0.3 is 15.4 Å². The Balaban J connectivity index is 1.89. The van der Waals surface area contributed by atoms with E-state index in [4.69, 9.17) is 14.7 Å². The molecule has 0 saturated carbocycles. The lowest BCUT2D eigenvalue weighted by atomic mass is 10.0. The van der Waals surface area contributed by atoms with Crippen molar-refractivity contribution in [2.45, 2.75) is 53.5 Å². The van der Waals surface area contributed by atoms with Crippen molar-refractivity contribution >= 4 is 17.3 Å². The van der Waals surface area contributed by atoms with E-state index in [1.165, 1.54) is 15.6 Å². The van der Waals surface area contributed by atoms with Crippen molar-refractivity contribution < 1.29 is 4.74 Å². The van der Waals surface area contributed by atoms with Gasteiger partial charge in [-0.3, -0.25) is 9.89 Å². The van der Waals surface area contributed by atoms with Crippen LogP contribution in [0.5, 0.6) is 0 Å². The van der Waals surface area contributed by atoms with Crippen LogP contribution in [0.4, 0.5) is 0 Å². The third kappa shape index (κ3) is 7.05. The van der Waals surface area contributed by atoms with Crippen molar-refractivity contribution in [3.8, 4) is 0 Å². The molecule has 2 rings (SSSR count). The molecule has 2 heterocycles. The zero-order chi connectivity index (χ0) is 19.6. The average Bonchev–Trinajstić information content (AvgIpc) is 3.02. The van der Waals surface area contributed by atoms with E-state index in [1.54, 1.807) is 0 Å². The quantitative estimate of drug-likeness (QED) is 0.497. The van der Waals surface area contributed by atoms with Crippen molar-refractivity contribution in [2.75, 3.05) is 45.9 Å². The van der Waals surface area contributed by atoms with Gasteiger partial charge in [0, 0.05) is 43.5 Å². The highest BCUT2D eigenvalue weighted by molar-refractivity contribution is 7.11. The molecule has 1 aliphatic heterocycles. The van der Waals surface area contributed by atoms with Gasteiger partial charge in [0.2, 0.25) is 0 Å². The predicted octanol–water partition coefficient (Wildman–Crippen LogP) is 2.47. The first-order chi connectivity index (χ1) is 13.0. The number of hydrogen-bond donors (Lipinski definition) is 2. The fourth-order valence-electron chi connectivity index (χ4n) is 3.39. The highest BCUT2D eigenvalue weighted by Gasteiger charge is 2.23. The summed E-state index contributed by atoms with van der Waals surface area (Å²) in [5, 5.41) is 8.06. The van der Waals surface area contributed by atoms with Crippen molar-refractivity contribution in [2.24, 2.45) is 10.9 Å². The largest absolute Gasteiger partial charge is 0.379 e. The Kier molecular flexibility index (Phi) is 9.51. The summed E-state index contributed by atoms with van der Waals surface area (Å²) in [6.07, 6.45) is 1.95. The van der Waals surface area contributed by atoms with Crippen LogP contribution in [-0.4, -0.2) is 67.8 Å². The number of aromatic nitrogens is 1. The van der Waals surface area contributed by atoms with E-state index in [-0.39, 0.29) is 0 Å². The number of hydrogen-bond acceptors (Lipinski definition) is 5. The zero-order valence-corrected chi connectivity index (χ0v) is 18.5. The summed E-state index contributed by atoms with van der Waals surface area (Å²) in [6, 6.07) is 0.457. The highest BCUT2D eigenvalue weighted by Crippen LogP contribution is 2.18. The molecule has 1 saturated heterocycles. The van der Waals surface area contributed by atoms with Crippen molar-refractivity contribution in [1.29, 1.82) is 0 Å². The molecule has 154 valence electrons. The molecule has 0 spiro atoms. The van der Waals surface area contributed by atoms with E-state index in [2.05, 4.69) is 50.2 Å². The maximum atomic E-state index is 5.50. The maximum absolute atomic E-state index is 5.50. The van der Waals surface area contributed by atoms with Gasteiger partial charge in [-0.05, 0) is 26.2 Å². The summed E-state index contributed by atoms with van der Waals surface area (Å²) in [6.45, 7) is 17.2. The Bertz CT molecular complexity index is 581. The lowest BCUT2D eigenvalue weighted by Crippen LogP contribution is -2.48. The third-order valence-electron chi connectivity index (χ3n) is 4.97. The summed E-state index contributed by atoms with van der Waals surface area (Å²) < 4.78 is 5.50. The smallest absolute Gasteiger partial charge is 0.191 e. The fraction of sp³-hybridized carbons (Fsp3) is 0.800. The normalized spacial score (nSPS) is 17.3. The van der Waals surface area contributed by atoms with Crippen LogP contribution in [-0.2, 0) is 17.6 Å². The van der Waals surface area contributed by atoms with Gasteiger partial charge in [0.25, 0.3) is 0 Å². The number of morpholine rings is 1. The minimum absolute atomic E-state index is 0.457. The van der Waals surface area contributed by atoms with E-state index in [1.807, 2.05) is 11.3 Å². The first kappa shape index (κ1) is 22.1. The summed E-state index contributed by atoms with van der Waals surface area (Å²) in [5.41, 5.74) is 1.24. The first-order valence-corrected chi connectivity index (χ1v) is 11.2. The molecule has 1 atom stereocenters. The van der Waals surface area contributed by atoms with Gasteiger partial charge in [-0.2, -0.15) is 0 Å². The third-order valence-corrected chi connectivity index (χ3v) is 6.04. The highest BCUT2D eigenvalue weighted by atomic mass is 32.1. The van der Waals surface area contributed by atoms with Crippen LogP contribution in [0.1, 0.15) is 43.3 Å². The van der Waals surface area contributed by atoms with E-state index in [0.717, 1.165) is 64.7 Å². The van der Waals surface area contributed by atoms with Crippen LogP contribution < -0.4 is 10.6 Å². The first-order valence-electron chi connectivity index (χ1n) is 10.3. The SMILES string of the molecule is CCNC(=NCC(C(C)C)N1CCOCC1)NCCc1nc(CC)c(C)s1. The standard InChI is InChI=1S/C20H37N5OS/c1-6-17-16(5)27-19(24-17)8-9-22-20(21-7-2)23-14-18(15(3)4)25-10-12-26-13-11-25/h15,18H,6-14H2,1-5H3,(H2,21,22,23). The molecule has 0 radical (unpaired) electrons. The molecule has 1 aromatic heterocycles. The van der Waals surface area contributed by atoms with E-state index >= 15 is 0 Å². The zero-order valence-electron chi connectivity index (χ0n) is 17.7. The number of ether oxygens (including phenoxy) is 1. The van der Waals surface area contributed by atoms with Gasteiger partial charge in [-0.15, -0.1) is 11.3 Å². The van der Waals surface area contributed by atoms with Crippen LogP contribution in [0, 0.1) is 12.8 Å². The van der Waals surface area contributed by atoms with Gasteiger partial charge >= 0.3 is 0 Å². The predicted molar refractivity (Wildman–Crippen MR) is 115 cm³/mol. The Hall–Kier alpha value is -1.18. The molecule has 1 aromatic rings. The second kappa shape index (κ2) is 11.6. The molecular formula is C20H37N5OS. The number of rotatable bonds is 9. The van der Waals surface area contributed by atoms with Crippen molar-refractivity contribution in [1.82, 2.24) is 20.5 Å². The summed E-state index contributed by atoms with van der Waals surface area (Å²) in [7, 11) is 0. The van der Waals surface area contributed by atoms with Crippen LogP contribution in [0.2, 0.25) is 0 Å². The van der Waals surface area contributed by atoms with Crippen molar-refractivity contribution in [3.05, 3.63) is 15.6 Å². The molecule has 1 unspecified atom stereocenters. The Morgan fingerprint density at radius 3 is 2.59 bits per heavy atom. The van der Waals surface area contributed by atoms with Crippen LogP contribution in [0.3, 0.4) is 0 Å². The monoisotopic (exact) mass is 395 g/mol. The van der Waals surface area contributed by atoms with Gasteiger partial charge in [0.05, 0.1) is 30.5 Å². The Morgan fingerprint density at radius 1 is 1.26 bits per heavy atom. The molecule has 1 fully saturated rings. The number of nitrogens with one attached hydrogen (secondary N) is 2. The molecule has 1 aliphatic rings. The number of aryl methyl sites for hydroxylation is 2. The molecule has 7 heteroatoms. The van der Waals surface area contributed by atoms with Crippen LogP contribution in [0.25, 0.3) is 0 Å². The summed E-state index contributed by atoms with van der Waals surface area (Å²) in [5.74, 6) is 1.47. The lowest BCUT2D eigenvalue weighted by Gasteiger charge is -2.36. The molecule has 0 aromatic carbocycles. The number of guanidine groups is 1. The maximum Gasteiger partial charge on any atom is 0.191 e. The van der Waals surface area contributed by atoms with E-state index < -0.39 is 0 Å². The van der Waals surface area contributed by atoms with Crippen LogP contribution >= 0.6 is 11.3 Å². The molecule has 2 N–H and O–H groups in total. The second-order valence-corrected chi connectivity index (χ2v) is 8.61. The molecule has 0 bridgehead atoms. The molecule has 27 heavy (non-hydrogen) atoms. The van der Waals surface area contributed by atoms with Gasteiger partial charge in [-0.1, -0.05) is 20.8 Å². The Labute approximate surface area is 168 Å². The minimum atomic E-state index is 0.457. The fourth-order valence-corrected chi connectivity index (χ4v) is 4.42. The summed E-state index contributed by atoms with van der Waals surface area (Å²) >= 11 is 1.82. The summed E-state index contributed by atoms with van der Waals surface area (Å²) in [4.78, 5) is 13.5. The molecule has 0 amide bonds. The van der Waals surface area contributed by atoms with Gasteiger partial charge in [-0.25, -0.2) is 4.98 Å². The van der Waals surface area contributed by atoms with E-state index in [0.29, 0.717) is 12.0 Å². The van der Waals surface area contributed by atoms with Crippen LogP contribution in [0.15, 0.2) is 4.99 Å². The van der Waals surface area contributed by atoms with Gasteiger partial charge in [0.15, 0.2) is 5.96 Å². The number of thiazole rings is 1. The number of nitrogens with zero attached hydrogens (tertiary/aromatic N) is 3. The molecule has 0 aliphatic carbocycles. The molecular weight excluding hydrogens is 358 g/mol. The second-order valence-electron chi connectivity index (χ2n) is 7.32. The number of aliphatic imine (C=N–C) groups is 1. The van der Waals surface area contributed by atoms with Crippen molar-refractivity contribution in [3.63, 3.8) is 0 Å². The Morgan fingerprint density at radius 2 is 2.00 bits per heavy atom. The van der Waals surface area contributed by atoms with Gasteiger partial charge in [0.1, 0.15) is 0 Å². The minimum Gasteiger partial charge on any atom is -0.379 e.